The van der Waals surface area contributed by atoms with E-state index in [0.29, 0.717) is 24.4 Å². The van der Waals surface area contributed by atoms with Crippen LogP contribution in [0.5, 0.6) is 0 Å². The van der Waals surface area contributed by atoms with Crippen LogP contribution in [-0.4, -0.2) is 20.0 Å². The third-order valence-electron chi connectivity index (χ3n) is 6.30. The van der Waals surface area contributed by atoms with Crippen LogP contribution in [0.3, 0.4) is 0 Å². The lowest BCUT2D eigenvalue weighted by atomic mass is 9.70. The molecule has 0 saturated heterocycles. The van der Waals surface area contributed by atoms with Crippen molar-refractivity contribution in [1.82, 2.24) is 0 Å². The number of rotatable bonds is 4. The number of Topliss-reactive ketones (excluding diaryl/α,β-unsaturated/α-hetero) is 1. The standard InChI is InChI=1S/C18H24NO3S/c1-12-5-6-15(9-13(12)2)19-23(21,22)11-18-8-7-14(10-16(18)20)17(18,3)4/h5-6,9,14H,7-8,10-11H2,1-4H3/q-1. The van der Waals surface area contributed by atoms with Gasteiger partial charge in [0.2, 0.25) is 0 Å². The van der Waals surface area contributed by atoms with Gasteiger partial charge >= 0.3 is 0 Å². The van der Waals surface area contributed by atoms with Gasteiger partial charge in [0.25, 0.3) is 0 Å². The van der Waals surface area contributed by atoms with Gasteiger partial charge in [-0.05, 0) is 49.1 Å². The van der Waals surface area contributed by atoms with Gasteiger partial charge in [0, 0.05) is 17.6 Å². The highest BCUT2D eigenvalue weighted by atomic mass is 32.2. The summed E-state index contributed by atoms with van der Waals surface area (Å²) in [4.78, 5) is 12.5. The third-order valence-corrected chi connectivity index (χ3v) is 7.65. The van der Waals surface area contributed by atoms with Crippen LogP contribution in [0, 0.1) is 30.6 Å². The number of aryl methyl sites for hydroxylation is 2. The highest BCUT2D eigenvalue weighted by Crippen LogP contribution is 2.64. The Labute approximate surface area is 138 Å². The molecule has 2 saturated carbocycles. The summed E-state index contributed by atoms with van der Waals surface area (Å²) in [6.07, 6.45) is 2.13. The molecule has 126 valence electrons. The van der Waals surface area contributed by atoms with Crippen molar-refractivity contribution < 1.29 is 13.2 Å². The minimum Gasteiger partial charge on any atom is -0.577 e. The van der Waals surface area contributed by atoms with E-state index >= 15 is 0 Å². The summed E-state index contributed by atoms with van der Waals surface area (Å²) in [6.45, 7) is 8.00. The van der Waals surface area contributed by atoms with Crippen LogP contribution in [0.2, 0.25) is 0 Å². The predicted molar refractivity (Wildman–Crippen MR) is 91.3 cm³/mol. The molecule has 0 N–H and O–H groups in total. The maximum atomic E-state index is 12.6. The molecule has 0 aromatic heterocycles. The normalized spacial score (nSPS) is 29.0. The first kappa shape index (κ1) is 16.5. The Morgan fingerprint density at radius 1 is 1.22 bits per heavy atom. The van der Waals surface area contributed by atoms with Gasteiger partial charge in [0.1, 0.15) is 5.78 Å². The van der Waals surface area contributed by atoms with E-state index in [1.807, 2.05) is 33.8 Å². The largest absolute Gasteiger partial charge is 0.577 e. The van der Waals surface area contributed by atoms with Crippen molar-refractivity contribution in [2.45, 2.75) is 47.0 Å². The second kappa shape index (κ2) is 5.07. The van der Waals surface area contributed by atoms with Crippen molar-refractivity contribution >= 4 is 21.5 Å². The fourth-order valence-electron chi connectivity index (χ4n) is 4.39. The molecule has 0 amide bonds. The Balaban J connectivity index is 1.86. The summed E-state index contributed by atoms with van der Waals surface area (Å²) < 4.78 is 29.3. The fraction of sp³-hybridized carbons (Fsp3) is 0.611. The number of carbonyl (C=O) groups excluding carboxylic acids is 1. The molecule has 2 atom stereocenters. The van der Waals surface area contributed by atoms with Gasteiger partial charge in [0.15, 0.2) is 0 Å². The average Bonchev–Trinajstić information content (AvgIpc) is 2.76. The second-order valence-electron chi connectivity index (χ2n) is 7.75. The number of hydrogen-bond donors (Lipinski definition) is 0. The zero-order valence-corrected chi connectivity index (χ0v) is 15.0. The molecular formula is C18H24NO3S-. The fourth-order valence-corrected chi connectivity index (χ4v) is 6.19. The maximum absolute atomic E-state index is 12.6. The van der Waals surface area contributed by atoms with E-state index in [-0.39, 0.29) is 17.0 Å². The van der Waals surface area contributed by atoms with Crippen molar-refractivity contribution in [3.63, 3.8) is 0 Å². The molecule has 1 aromatic carbocycles. The quantitative estimate of drug-likeness (QED) is 0.835. The molecule has 2 aliphatic carbocycles. The van der Waals surface area contributed by atoms with E-state index in [1.165, 1.54) is 0 Å². The third kappa shape index (κ3) is 2.49. The number of benzene rings is 1. The van der Waals surface area contributed by atoms with Gasteiger partial charge < -0.3 is 4.72 Å². The van der Waals surface area contributed by atoms with Crippen LogP contribution in [0.15, 0.2) is 18.2 Å². The lowest BCUT2D eigenvalue weighted by Crippen LogP contribution is -2.41. The summed E-state index contributed by atoms with van der Waals surface area (Å²) in [5.41, 5.74) is 1.56. The van der Waals surface area contributed by atoms with Gasteiger partial charge in [-0.1, -0.05) is 32.0 Å². The van der Waals surface area contributed by atoms with Crippen LogP contribution < -0.4 is 0 Å². The van der Waals surface area contributed by atoms with Crippen molar-refractivity contribution in [1.29, 1.82) is 0 Å². The highest BCUT2D eigenvalue weighted by molar-refractivity contribution is 7.94. The van der Waals surface area contributed by atoms with E-state index in [9.17, 15) is 13.2 Å². The van der Waals surface area contributed by atoms with Crippen LogP contribution >= 0.6 is 0 Å². The zero-order chi connectivity index (χ0) is 17.0. The van der Waals surface area contributed by atoms with Crippen LogP contribution in [0.25, 0.3) is 4.72 Å². The molecule has 2 bridgehead atoms. The molecule has 0 spiro atoms. The number of hydrogen-bond acceptors (Lipinski definition) is 3. The highest BCUT2D eigenvalue weighted by Gasteiger charge is 2.64. The van der Waals surface area contributed by atoms with Crippen LogP contribution in [0.4, 0.5) is 5.69 Å². The number of fused-ring (bicyclic) bond motifs is 2. The van der Waals surface area contributed by atoms with Gasteiger partial charge in [-0.3, -0.25) is 4.79 Å². The molecule has 3 rings (SSSR count). The van der Waals surface area contributed by atoms with Crippen molar-refractivity contribution in [2.75, 3.05) is 5.75 Å². The Morgan fingerprint density at radius 2 is 1.91 bits per heavy atom. The predicted octanol–water partition coefficient (Wildman–Crippen LogP) is 4.03. The van der Waals surface area contributed by atoms with Gasteiger partial charge in [-0.15, -0.1) is 5.69 Å². The minimum atomic E-state index is -3.69. The Kier molecular flexibility index (Phi) is 3.63. The first-order chi connectivity index (χ1) is 10.6. The summed E-state index contributed by atoms with van der Waals surface area (Å²) in [7, 11) is -3.69. The Hall–Kier alpha value is -1.36. The summed E-state index contributed by atoms with van der Waals surface area (Å²) in [6, 6.07) is 5.37. The molecule has 5 heteroatoms. The van der Waals surface area contributed by atoms with Gasteiger partial charge in [-0.2, -0.15) is 0 Å². The second-order valence-corrected chi connectivity index (χ2v) is 9.39. The first-order valence-electron chi connectivity index (χ1n) is 8.14. The smallest absolute Gasteiger partial charge is 0.140 e. The lowest BCUT2D eigenvalue weighted by molar-refractivity contribution is -0.128. The first-order valence-corrected chi connectivity index (χ1v) is 9.75. The lowest BCUT2D eigenvalue weighted by Gasteiger charge is -2.38. The molecule has 0 aliphatic heterocycles. The van der Waals surface area contributed by atoms with Crippen molar-refractivity contribution in [3.05, 3.63) is 34.0 Å². The number of nitrogens with zero attached hydrogens (tertiary/aromatic N) is 1. The molecule has 23 heavy (non-hydrogen) atoms. The molecule has 1 aromatic rings. The van der Waals surface area contributed by atoms with Crippen molar-refractivity contribution in [3.8, 4) is 0 Å². The van der Waals surface area contributed by atoms with Gasteiger partial charge in [-0.25, -0.2) is 8.42 Å². The van der Waals surface area contributed by atoms with E-state index in [2.05, 4.69) is 4.72 Å². The van der Waals surface area contributed by atoms with E-state index in [0.717, 1.165) is 17.5 Å². The molecule has 2 aliphatic rings. The van der Waals surface area contributed by atoms with E-state index in [4.69, 9.17) is 0 Å². The van der Waals surface area contributed by atoms with E-state index < -0.39 is 15.4 Å². The maximum Gasteiger partial charge on any atom is 0.140 e. The summed E-state index contributed by atoms with van der Waals surface area (Å²) >= 11 is 0. The Bertz CT molecular complexity index is 766. The van der Waals surface area contributed by atoms with E-state index in [1.54, 1.807) is 12.1 Å². The molecule has 2 unspecified atom stereocenters. The van der Waals surface area contributed by atoms with Crippen LogP contribution in [-0.2, 0) is 14.8 Å². The molecular weight excluding hydrogens is 310 g/mol. The molecule has 0 heterocycles. The SMILES string of the molecule is Cc1ccc([N-]S(=O)(=O)CC23CCC(CC2=O)C3(C)C)cc1C. The summed E-state index contributed by atoms with van der Waals surface area (Å²) in [5, 5.41) is 0. The van der Waals surface area contributed by atoms with Crippen LogP contribution in [0.1, 0.15) is 44.2 Å². The number of carbonyl (C=O) groups is 1. The Morgan fingerprint density at radius 3 is 2.43 bits per heavy atom. The molecule has 4 nitrogen and oxygen atoms in total. The topological polar surface area (TPSA) is 65.3 Å². The number of ketones is 1. The molecule has 0 radical (unpaired) electrons. The molecule has 2 fully saturated rings. The number of sulfonamides is 1. The van der Waals surface area contributed by atoms with Crippen molar-refractivity contribution in [2.24, 2.45) is 16.7 Å². The minimum absolute atomic E-state index is 0.109. The zero-order valence-electron chi connectivity index (χ0n) is 14.2. The van der Waals surface area contributed by atoms with Gasteiger partial charge in [0.05, 0.1) is 10.0 Å². The summed E-state index contributed by atoms with van der Waals surface area (Å²) in [5.74, 6) is 0.263. The average molecular weight is 334 g/mol. The monoisotopic (exact) mass is 334 g/mol.